The number of halogens is 1. The van der Waals surface area contributed by atoms with E-state index in [2.05, 4.69) is 36.3 Å². The average Bonchev–Trinajstić information content (AvgIpc) is 2.18. The van der Waals surface area contributed by atoms with Crippen molar-refractivity contribution in [3.05, 3.63) is 28.8 Å². The van der Waals surface area contributed by atoms with Gasteiger partial charge in [0.25, 0.3) is 0 Å². The lowest BCUT2D eigenvalue weighted by molar-refractivity contribution is 0.816. The van der Waals surface area contributed by atoms with Gasteiger partial charge < -0.3 is 10.2 Å². The van der Waals surface area contributed by atoms with Crippen molar-refractivity contribution in [1.82, 2.24) is 5.32 Å². The summed E-state index contributed by atoms with van der Waals surface area (Å²) in [4.78, 5) is 2.19. The predicted octanol–water partition coefficient (Wildman–Crippen LogP) is 2.91. The summed E-state index contributed by atoms with van der Waals surface area (Å²) in [5.41, 5.74) is 2.33. The van der Waals surface area contributed by atoms with E-state index in [4.69, 9.17) is 11.6 Å². The molecule has 0 aliphatic heterocycles. The minimum atomic E-state index is 0.832. The molecule has 0 heterocycles. The Hall–Kier alpha value is -0.730. The molecule has 0 aromatic heterocycles. The number of hydrogen-bond donors (Lipinski definition) is 1. The highest BCUT2D eigenvalue weighted by molar-refractivity contribution is 6.33. The van der Waals surface area contributed by atoms with Crippen LogP contribution in [0.2, 0.25) is 5.02 Å². The third kappa shape index (κ3) is 3.40. The summed E-state index contributed by atoms with van der Waals surface area (Å²) in [7, 11) is 4.01. The molecule has 1 rings (SSSR count). The monoisotopic (exact) mass is 226 g/mol. The molecule has 1 N–H and O–H groups in total. The zero-order valence-corrected chi connectivity index (χ0v) is 10.4. The van der Waals surface area contributed by atoms with Gasteiger partial charge in [-0.3, -0.25) is 0 Å². The second kappa shape index (κ2) is 5.99. The lowest BCUT2D eigenvalue weighted by atomic mass is 10.2. The van der Waals surface area contributed by atoms with Gasteiger partial charge in [0.15, 0.2) is 0 Å². The molecule has 0 amide bonds. The van der Waals surface area contributed by atoms with E-state index in [9.17, 15) is 0 Å². The first-order valence-electron chi connectivity index (χ1n) is 5.33. The molecule has 0 unspecified atom stereocenters. The summed E-state index contributed by atoms with van der Waals surface area (Å²) in [6.07, 6.45) is 1.13. The van der Waals surface area contributed by atoms with Crippen molar-refractivity contribution >= 4 is 17.3 Å². The summed E-state index contributed by atoms with van der Waals surface area (Å²) in [6, 6.07) is 6.23. The van der Waals surface area contributed by atoms with Gasteiger partial charge in [-0.05, 0) is 31.2 Å². The van der Waals surface area contributed by atoms with Crippen LogP contribution in [-0.4, -0.2) is 20.6 Å². The van der Waals surface area contributed by atoms with Crippen LogP contribution in [0.25, 0.3) is 0 Å². The van der Waals surface area contributed by atoms with Crippen LogP contribution in [0.1, 0.15) is 18.9 Å². The third-order valence-corrected chi connectivity index (χ3v) is 2.67. The molecule has 15 heavy (non-hydrogen) atoms. The van der Waals surface area contributed by atoms with Crippen LogP contribution in [0, 0.1) is 0 Å². The summed E-state index contributed by atoms with van der Waals surface area (Å²) in [6.45, 7) is 4.06. The molecule has 1 aromatic rings. The molecule has 0 spiro atoms. The Morgan fingerprint density at radius 3 is 2.67 bits per heavy atom. The Balaban J connectivity index is 2.82. The van der Waals surface area contributed by atoms with Crippen molar-refractivity contribution in [3.8, 4) is 0 Å². The lowest BCUT2D eigenvalue weighted by Crippen LogP contribution is -2.18. The van der Waals surface area contributed by atoms with E-state index in [1.165, 1.54) is 5.56 Å². The zero-order valence-electron chi connectivity index (χ0n) is 9.68. The third-order valence-electron chi connectivity index (χ3n) is 2.36. The topological polar surface area (TPSA) is 15.3 Å². The van der Waals surface area contributed by atoms with E-state index in [1.807, 2.05) is 13.1 Å². The SMILES string of the molecule is CCCN(C)c1ccc(CNC)cc1Cl. The lowest BCUT2D eigenvalue weighted by Gasteiger charge is -2.20. The van der Waals surface area contributed by atoms with Gasteiger partial charge >= 0.3 is 0 Å². The highest BCUT2D eigenvalue weighted by Gasteiger charge is 2.05. The fraction of sp³-hybridized carbons (Fsp3) is 0.500. The van der Waals surface area contributed by atoms with Gasteiger partial charge in [0.05, 0.1) is 10.7 Å². The molecule has 1 aromatic carbocycles. The molecule has 0 saturated carbocycles. The molecule has 0 bridgehead atoms. The summed E-state index contributed by atoms with van der Waals surface area (Å²) >= 11 is 6.23. The van der Waals surface area contributed by atoms with Gasteiger partial charge in [0.1, 0.15) is 0 Å². The van der Waals surface area contributed by atoms with Crippen LogP contribution in [0.4, 0.5) is 5.69 Å². The van der Waals surface area contributed by atoms with Crippen molar-refractivity contribution in [1.29, 1.82) is 0 Å². The molecule has 0 aliphatic carbocycles. The maximum atomic E-state index is 6.23. The summed E-state index contributed by atoms with van der Waals surface area (Å²) in [5.74, 6) is 0. The van der Waals surface area contributed by atoms with E-state index in [1.54, 1.807) is 0 Å². The van der Waals surface area contributed by atoms with Gasteiger partial charge in [-0.15, -0.1) is 0 Å². The minimum Gasteiger partial charge on any atom is -0.373 e. The van der Waals surface area contributed by atoms with Crippen LogP contribution in [0.15, 0.2) is 18.2 Å². The number of nitrogens with zero attached hydrogens (tertiary/aromatic N) is 1. The molecular weight excluding hydrogens is 208 g/mol. The predicted molar refractivity (Wildman–Crippen MR) is 67.8 cm³/mol. The highest BCUT2D eigenvalue weighted by atomic mass is 35.5. The maximum absolute atomic E-state index is 6.23. The van der Waals surface area contributed by atoms with Gasteiger partial charge in [-0.25, -0.2) is 0 Å². The fourth-order valence-electron chi connectivity index (χ4n) is 1.63. The Kier molecular flexibility index (Phi) is 4.92. The number of hydrogen-bond acceptors (Lipinski definition) is 2. The van der Waals surface area contributed by atoms with E-state index in [0.29, 0.717) is 0 Å². The average molecular weight is 227 g/mol. The van der Waals surface area contributed by atoms with Gasteiger partial charge in [0.2, 0.25) is 0 Å². The molecular formula is C12H19ClN2. The normalized spacial score (nSPS) is 10.4. The van der Waals surface area contributed by atoms with Gasteiger partial charge in [-0.2, -0.15) is 0 Å². The summed E-state index contributed by atoms with van der Waals surface area (Å²) < 4.78 is 0. The first-order valence-corrected chi connectivity index (χ1v) is 5.71. The first kappa shape index (κ1) is 12.3. The van der Waals surface area contributed by atoms with Gasteiger partial charge in [0, 0.05) is 20.1 Å². The molecule has 3 heteroatoms. The quantitative estimate of drug-likeness (QED) is 0.831. The smallest absolute Gasteiger partial charge is 0.0642 e. The van der Waals surface area contributed by atoms with Crippen LogP contribution in [0.3, 0.4) is 0 Å². The molecule has 0 radical (unpaired) electrons. The highest BCUT2D eigenvalue weighted by Crippen LogP contribution is 2.26. The molecule has 2 nitrogen and oxygen atoms in total. The van der Waals surface area contributed by atoms with E-state index in [-0.39, 0.29) is 0 Å². The van der Waals surface area contributed by atoms with Crippen molar-refractivity contribution < 1.29 is 0 Å². The Morgan fingerprint density at radius 1 is 1.40 bits per heavy atom. The van der Waals surface area contributed by atoms with Crippen molar-refractivity contribution in [2.75, 3.05) is 25.5 Å². The molecule has 0 atom stereocenters. The molecule has 0 saturated heterocycles. The number of nitrogens with one attached hydrogen (secondary N) is 1. The standard InChI is InChI=1S/C12H19ClN2/c1-4-7-15(3)12-6-5-10(9-14-2)8-11(12)13/h5-6,8,14H,4,7,9H2,1-3H3. The molecule has 84 valence electrons. The summed E-state index contributed by atoms with van der Waals surface area (Å²) in [5, 5.41) is 3.94. The zero-order chi connectivity index (χ0) is 11.3. The molecule has 0 aliphatic rings. The van der Waals surface area contributed by atoms with E-state index < -0.39 is 0 Å². The van der Waals surface area contributed by atoms with Crippen LogP contribution < -0.4 is 10.2 Å². The van der Waals surface area contributed by atoms with E-state index >= 15 is 0 Å². The number of benzene rings is 1. The fourth-order valence-corrected chi connectivity index (χ4v) is 1.98. The second-order valence-corrected chi connectivity index (χ2v) is 4.14. The van der Waals surface area contributed by atoms with Crippen LogP contribution in [-0.2, 0) is 6.54 Å². The molecule has 0 fully saturated rings. The van der Waals surface area contributed by atoms with Crippen molar-refractivity contribution in [3.63, 3.8) is 0 Å². The van der Waals surface area contributed by atoms with Crippen molar-refractivity contribution in [2.24, 2.45) is 0 Å². The maximum Gasteiger partial charge on any atom is 0.0642 e. The van der Waals surface area contributed by atoms with Crippen molar-refractivity contribution in [2.45, 2.75) is 19.9 Å². The number of rotatable bonds is 5. The Morgan fingerprint density at radius 2 is 2.13 bits per heavy atom. The van der Waals surface area contributed by atoms with Crippen LogP contribution in [0.5, 0.6) is 0 Å². The van der Waals surface area contributed by atoms with E-state index in [0.717, 1.165) is 30.2 Å². The number of anilines is 1. The Bertz CT molecular complexity index is 312. The van der Waals surface area contributed by atoms with Crippen LogP contribution >= 0.6 is 11.6 Å². The minimum absolute atomic E-state index is 0.832. The Labute approximate surface area is 97.2 Å². The first-order chi connectivity index (χ1) is 7.19. The van der Waals surface area contributed by atoms with Gasteiger partial charge in [-0.1, -0.05) is 24.6 Å². The second-order valence-electron chi connectivity index (χ2n) is 3.74. The largest absolute Gasteiger partial charge is 0.373 e.